The predicted molar refractivity (Wildman–Crippen MR) is 103 cm³/mol. The first-order valence-corrected chi connectivity index (χ1v) is 9.35. The van der Waals surface area contributed by atoms with Gasteiger partial charge < -0.3 is 10.4 Å². The lowest BCUT2D eigenvalue weighted by Crippen LogP contribution is -2.24. The summed E-state index contributed by atoms with van der Waals surface area (Å²) < 4.78 is 1.78. The Morgan fingerprint density at radius 2 is 1.96 bits per heavy atom. The maximum atomic E-state index is 12.7. The number of benzene rings is 1. The fourth-order valence-corrected chi connectivity index (χ4v) is 3.43. The largest absolute Gasteiger partial charge is 0.476 e. The Labute approximate surface area is 160 Å². The van der Waals surface area contributed by atoms with Crippen LogP contribution in [0.15, 0.2) is 35.8 Å². The molecule has 0 aliphatic heterocycles. The van der Waals surface area contributed by atoms with E-state index in [2.05, 4.69) is 15.4 Å². The molecule has 0 aliphatic carbocycles. The molecule has 0 bridgehead atoms. The molecule has 0 spiro atoms. The molecule has 0 atom stereocenters. The fourth-order valence-electron chi connectivity index (χ4n) is 2.72. The second-order valence-electron chi connectivity index (χ2n) is 6.46. The maximum Gasteiger partial charge on any atom is 0.355 e. The van der Waals surface area contributed by atoms with Gasteiger partial charge in [-0.25, -0.2) is 14.5 Å². The molecule has 0 saturated heterocycles. The van der Waals surface area contributed by atoms with Crippen molar-refractivity contribution in [3.8, 4) is 5.69 Å². The Morgan fingerprint density at radius 3 is 2.56 bits per heavy atom. The van der Waals surface area contributed by atoms with Crippen LogP contribution < -0.4 is 5.32 Å². The van der Waals surface area contributed by atoms with Gasteiger partial charge in [-0.1, -0.05) is 31.5 Å². The molecule has 7 nitrogen and oxygen atoms in total. The molecule has 0 aliphatic rings. The summed E-state index contributed by atoms with van der Waals surface area (Å²) in [6.07, 6.45) is 1.56. The Kier molecular flexibility index (Phi) is 5.36. The van der Waals surface area contributed by atoms with Gasteiger partial charge in [0.25, 0.3) is 5.91 Å². The third-order valence-corrected chi connectivity index (χ3v) is 4.90. The molecular weight excluding hydrogens is 364 g/mol. The molecular formula is C19H20N4O3S. The Balaban J connectivity index is 1.81. The number of carboxylic acid groups (broad SMARTS) is 1. The van der Waals surface area contributed by atoms with Crippen molar-refractivity contribution in [2.45, 2.75) is 33.2 Å². The average Bonchev–Trinajstić information content (AvgIpc) is 3.27. The van der Waals surface area contributed by atoms with Crippen molar-refractivity contribution in [1.82, 2.24) is 20.1 Å². The number of thiazole rings is 1. The van der Waals surface area contributed by atoms with Crippen molar-refractivity contribution in [1.29, 1.82) is 0 Å². The molecule has 27 heavy (non-hydrogen) atoms. The summed E-state index contributed by atoms with van der Waals surface area (Å²) in [5.41, 5.74) is 3.36. The predicted octanol–water partition coefficient (Wildman–Crippen LogP) is 3.39. The van der Waals surface area contributed by atoms with Crippen LogP contribution in [0.25, 0.3) is 5.69 Å². The first-order valence-electron chi connectivity index (χ1n) is 8.47. The van der Waals surface area contributed by atoms with E-state index in [1.165, 1.54) is 16.7 Å². The number of aryl methyl sites for hydroxylation is 1. The number of carboxylic acids is 1. The van der Waals surface area contributed by atoms with Crippen molar-refractivity contribution in [2.24, 2.45) is 0 Å². The van der Waals surface area contributed by atoms with E-state index in [-0.39, 0.29) is 24.1 Å². The molecule has 140 valence electrons. The smallest absolute Gasteiger partial charge is 0.355 e. The van der Waals surface area contributed by atoms with Crippen molar-refractivity contribution in [3.05, 3.63) is 63.4 Å². The minimum Gasteiger partial charge on any atom is -0.476 e. The number of hydrogen-bond acceptors (Lipinski definition) is 5. The molecule has 3 rings (SSSR count). The molecule has 0 fully saturated rings. The quantitative estimate of drug-likeness (QED) is 0.679. The zero-order valence-corrected chi connectivity index (χ0v) is 16.1. The standard InChI is InChI=1S/C19H20N4O3S/c1-11(2)17-14(8-21-23(17)13-6-4-12(3)5-7-13)18(24)20-9-16-22-15(10-27-16)19(25)26/h4-8,10-11H,9H2,1-3H3,(H,20,24)(H,25,26). The van der Waals surface area contributed by atoms with Gasteiger partial charge in [-0.05, 0) is 25.0 Å². The molecule has 3 aromatic rings. The lowest BCUT2D eigenvalue weighted by Gasteiger charge is -2.13. The number of hydrogen-bond donors (Lipinski definition) is 2. The number of nitrogens with zero attached hydrogens (tertiary/aromatic N) is 3. The van der Waals surface area contributed by atoms with E-state index in [0.29, 0.717) is 10.6 Å². The molecule has 0 unspecified atom stereocenters. The van der Waals surface area contributed by atoms with Crippen LogP contribution >= 0.6 is 11.3 Å². The molecule has 0 saturated carbocycles. The summed E-state index contributed by atoms with van der Waals surface area (Å²) in [5.74, 6) is -1.25. The van der Waals surface area contributed by atoms with Gasteiger partial charge in [0, 0.05) is 5.38 Å². The number of aromatic carboxylic acids is 1. The zero-order valence-electron chi connectivity index (χ0n) is 15.3. The number of amides is 1. The van der Waals surface area contributed by atoms with Crippen LogP contribution in [-0.2, 0) is 6.54 Å². The molecule has 8 heteroatoms. The summed E-state index contributed by atoms with van der Waals surface area (Å²) in [4.78, 5) is 27.6. The minimum absolute atomic E-state index is 0.0145. The zero-order chi connectivity index (χ0) is 19.6. The Morgan fingerprint density at radius 1 is 1.26 bits per heavy atom. The van der Waals surface area contributed by atoms with E-state index in [9.17, 15) is 9.59 Å². The normalized spacial score (nSPS) is 11.0. The van der Waals surface area contributed by atoms with E-state index >= 15 is 0 Å². The number of nitrogens with one attached hydrogen (secondary N) is 1. The lowest BCUT2D eigenvalue weighted by atomic mass is 10.0. The monoisotopic (exact) mass is 384 g/mol. The topological polar surface area (TPSA) is 97.1 Å². The van der Waals surface area contributed by atoms with Crippen LogP contribution in [0.4, 0.5) is 0 Å². The van der Waals surface area contributed by atoms with Crippen molar-refractivity contribution in [3.63, 3.8) is 0 Å². The first-order chi connectivity index (χ1) is 12.9. The van der Waals surface area contributed by atoms with E-state index in [4.69, 9.17) is 5.11 Å². The van der Waals surface area contributed by atoms with Crippen molar-refractivity contribution < 1.29 is 14.7 Å². The van der Waals surface area contributed by atoms with E-state index in [0.717, 1.165) is 16.9 Å². The molecule has 2 heterocycles. The van der Waals surface area contributed by atoms with Crippen molar-refractivity contribution >= 4 is 23.2 Å². The number of aromatic nitrogens is 3. The summed E-state index contributed by atoms with van der Waals surface area (Å²) in [6.45, 7) is 6.21. The van der Waals surface area contributed by atoms with Gasteiger partial charge in [-0.15, -0.1) is 11.3 Å². The minimum atomic E-state index is -1.08. The SMILES string of the molecule is Cc1ccc(-n2ncc(C(=O)NCc3nc(C(=O)O)cs3)c2C(C)C)cc1. The van der Waals surface area contributed by atoms with Crippen LogP contribution in [0.5, 0.6) is 0 Å². The van der Waals surface area contributed by atoms with Crippen LogP contribution in [0.3, 0.4) is 0 Å². The molecule has 1 amide bonds. The number of rotatable bonds is 6. The highest BCUT2D eigenvalue weighted by Crippen LogP contribution is 2.23. The van der Waals surface area contributed by atoms with E-state index in [1.807, 2.05) is 45.0 Å². The summed E-state index contributed by atoms with van der Waals surface area (Å²) in [7, 11) is 0. The first kappa shape index (κ1) is 18.8. The highest BCUT2D eigenvalue weighted by atomic mass is 32.1. The van der Waals surface area contributed by atoms with Crippen LogP contribution in [0.2, 0.25) is 0 Å². The number of carbonyl (C=O) groups is 2. The van der Waals surface area contributed by atoms with Gasteiger partial charge in [-0.3, -0.25) is 4.79 Å². The lowest BCUT2D eigenvalue weighted by molar-refractivity contribution is 0.0691. The van der Waals surface area contributed by atoms with Crippen LogP contribution in [-0.4, -0.2) is 31.7 Å². The summed E-state index contributed by atoms with van der Waals surface area (Å²) in [6, 6.07) is 7.95. The highest BCUT2D eigenvalue weighted by Gasteiger charge is 2.21. The second-order valence-corrected chi connectivity index (χ2v) is 7.40. The van der Waals surface area contributed by atoms with Crippen LogP contribution in [0, 0.1) is 6.92 Å². The fraction of sp³-hybridized carbons (Fsp3) is 0.263. The van der Waals surface area contributed by atoms with Crippen molar-refractivity contribution in [2.75, 3.05) is 0 Å². The Bertz CT molecular complexity index is 973. The van der Waals surface area contributed by atoms with Crippen LogP contribution in [0.1, 0.15) is 56.9 Å². The van der Waals surface area contributed by atoms with E-state index < -0.39 is 5.97 Å². The van der Waals surface area contributed by atoms with Gasteiger partial charge in [0.05, 0.1) is 29.7 Å². The molecule has 2 aromatic heterocycles. The third kappa shape index (κ3) is 4.06. The number of carbonyl (C=O) groups excluding carboxylic acids is 1. The van der Waals surface area contributed by atoms with Gasteiger partial charge in [-0.2, -0.15) is 5.10 Å². The summed E-state index contributed by atoms with van der Waals surface area (Å²) in [5, 5.41) is 18.1. The molecule has 2 N–H and O–H groups in total. The Hall–Kier alpha value is -3.00. The average molecular weight is 384 g/mol. The summed E-state index contributed by atoms with van der Waals surface area (Å²) >= 11 is 1.20. The second kappa shape index (κ2) is 7.71. The highest BCUT2D eigenvalue weighted by molar-refractivity contribution is 7.09. The van der Waals surface area contributed by atoms with Gasteiger partial charge in [0.2, 0.25) is 0 Å². The van der Waals surface area contributed by atoms with Gasteiger partial charge in [0.15, 0.2) is 5.69 Å². The third-order valence-electron chi connectivity index (χ3n) is 4.05. The molecule has 1 aromatic carbocycles. The van der Waals surface area contributed by atoms with E-state index in [1.54, 1.807) is 10.9 Å². The van der Waals surface area contributed by atoms with Gasteiger partial charge >= 0.3 is 5.97 Å². The molecule has 0 radical (unpaired) electrons. The van der Waals surface area contributed by atoms with Gasteiger partial charge in [0.1, 0.15) is 5.01 Å². The maximum absolute atomic E-state index is 12.7.